The number of rotatable bonds is 4. The van der Waals surface area contributed by atoms with E-state index in [1.807, 2.05) is 25.1 Å². The molecule has 1 saturated carbocycles. The van der Waals surface area contributed by atoms with Crippen molar-refractivity contribution in [2.45, 2.75) is 38.5 Å². The molecule has 1 aromatic carbocycles. The van der Waals surface area contributed by atoms with Gasteiger partial charge in [-0.25, -0.2) is 4.68 Å². The molecule has 0 atom stereocenters. The molecule has 3 rings (SSSR count). The topological polar surface area (TPSA) is 29.9 Å². The van der Waals surface area contributed by atoms with Crippen LogP contribution in [0.5, 0.6) is 0 Å². The fraction of sp³-hybridized carbons (Fsp3) is 0.400. The lowest BCUT2D eigenvalue weighted by Gasteiger charge is -2.10. The quantitative estimate of drug-likeness (QED) is 0.936. The van der Waals surface area contributed by atoms with Gasteiger partial charge in [0.05, 0.1) is 17.4 Å². The summed E-state index contributed by atoms with van der Waals surface area (Å²) in [4.78, 5) is 0. The zero-order valence-corrected chi connectivity index (χ0v) is 11.6. The number of aromatic nitrogens is 2. The van der Waals surface area contributed by atoms with Crippen LogP contribution < -0.4 is 5.32 Å². The molecule has 1 aromatic heterocycles. The number of hydrogen-bond acceptors (Lipinski definition) is 2. The highest BCUT2D eigenvalue weighted by Gasteiger charge is 2.32. The van der Waals surface area contributed by atoms with Crippen LogP contribution in [0.25, 0.3) is 5.69 Å². The molecule has 1 fully saturated rings. The SMILES string of the molecule is Cc1ccc(CNC2CC2)cc1-n1cc(C(F)(F)F)cn1. The van der Waals surface area contributed by atoms with E-state index in [1.165, 1.54) is 17.5 Å². The van der Waals surface area contributed by atoms with Gasteiger partial charge in [0.25, 0.3) is 0 Å². The van der Waals surface area contributed by atoms with Crippen LogP contribution in [0.1, 0.15) is 29.5 Å². The Bertz CT molecular complexity index is 642. The van der Waals surface area contributed by atoms with Gasteiger partial charge in [-0.2, -0.15) is 18.3 Å². The average Bonchev–Trinajstić information content (AvgIpc) is 3.11. The molecule has 112 valence electrons. The second-order valence-corrected chi connectivity index (χ2v) is 5.45. The number of benzene rings is 1. The lowest BCUT2D eigenvalue weighted by atomic mass is 10.1. The number of nitrogens with zero attached hydrogens (tertiary/aromatic N) is 2. The lowest BCUT2D eigenvalue weighted by molar-refractivity contribution is -0.137. The van der Waals surface area contributed by atoms with E-state index in [2.05, 4.69) is 10.4 Å². The molecule has 0 saturated heterocycles. The first-order valence-corrected chi connectivity index (χ1v) is 6.88. The molecule has 1 heterocycles. The molecule has 0 unspecified atom stereocenters. The van der Waals surface area contributed by atoms with E-state index in [0.29, 0.717) is 11.7 Å². The Morgan fingerprint density at radius 2 is 2.10 bits per heavy atom. The molecule has 6 heteroatoms. The summed E-state index contributed by atoms with van der Waals surface area (Å²) in [6.07, 6.45) is -0.0775. The standard InChI is InChI=1S/C15H16F3N3/c1-10-2-3-11(7-19-13-4-5-13)6-14(10)21-9-12(8-20-21)15(16,17)18/h2-3,6,8-9,13,19H,4-5,7H2,1H3. The number of halogens is 3. The first-order chi connectivity index (χ1) is 9.93. The van der Waals surface area contributed by atoms with Crippen LogP contribution in [0.3, 0.4) is 0 Å². The third-order valence-corrected chi connectivity index (χ3v) is 3.60. The van der Waals surface area contributed by atoms with Crippen molar-refractivity contribution in [2.75, 3.05) is 0 Å². The summed E-state index contributed by atoms with van der Waals surface area (Å²) in [6.45, 7) is 2.59. The van der Waals surface area contributed by atoms with E-state index in [4.69, 9.17) is 0 Å². The maximum atomic E-state index is 12.6. The highest BCUT2D eigenvalue weighted by molar-refractivity contribution is 5.43. The van der Waals surface area contributed by atoms with E-state index >= 15 is 0 Å². The fourth-order valence-electron chi connectivity index (χ4n) is 2.16. The summed E-state index contributed by atoms with van der Waals surface area (Å²) in [7, 11) is 0. The largest absolute Gasteiger partial charge is 0.419 e. The smallest absolute Gasteiger partial charge is 0.310 e. The third-order valence-electron chi connectivity index (χ3n) is 3.60. The van der Waals surface area contributed by atoms with Gasteiger partial charge in [0, 0.05) is 18.8 Å². The van der Waals surface area contributed by atoms with Crippen LogP contribution in [0.15, 0.2) is 30.6 Å². The van der Waals surface area contributed by atoms with Crippen molar-refractivity contribution in [3.05, 3.63) is 47.3 Å². The van der Waals surface area contributed by atoms with Crippen molar-refractivity contribution in [2.24, 2.45) is 0 Å². The number of alkyl halides is 3. The van der Waals surface area contributed by atoms with Crippen molar-refractivity contribution in [3.8, 4) is 5.69 Å². The molecule has 0 amide bonds. The van der Waals surface area contributed by atoms with E-state index in [0.717, 1.165) is 30.1 Å². The van der Waals surface area contributed by atoms with Crippen molar-refractivity contribution < 1.29 is 13.2 Å². The minimum Gasteiger partial charge on any atom is -0.310 e. The van der Waals surface area contributed by atoms with Gasteiger partial charge in [-0.1, -0.05) is 12.1 Å². The Morgan fingerprint density at radius 3 is 2.71 bits per heavy atom. The zero-order valence-electron chi connectivity index (χ0n) is 11.6. The Labute approximate surface area is 120 Å². The molecule has 2 aromatic rings. The van der Waals surface area contributed by atoms with Crippen molar-refractivity contribution >= 4 is 0 Å². The summed E-state index contributed by atoms with van der Waals surface area (Å²) >= 11 is 0. The number of aryl methyl sites for hydroxylation is 1. The monoisotopic (exact) mass is 295 g/mol. The second-order valence-electron chi connectivity index (χ2n) is 5.45. The predicted octanol–water partition coefficient (Wildman–Crippen LogP) is 3.45. The Kier molecular flexibility index (Phi) is 3.49. The first-order valence-electron chi connectivity index (χ1n) is 6.88. The van der Waals surface area contributed by atoms with Crippen LogP contribution in [-0.4, -0.2) is 15.8 Å². The summed E-state index contributed by atoms with van der Waals surface area (Å²) in [5, 5.41) is 7.23. The maximum Gasteiger partial charge on any atom is 0.419 e. The van der Waals surface area contributed by atoms with Crippen molar-refractivity contribution in [1.29, 1.82) is 0 Å². The van der Waals surface area contributed by atoms with Crippen LogP contribution >= 0.6 is 0 Å². The van der Waals surface area contributed by atoms with Gasteiger partial charge in [-0.15, -0.1) is 0 Å². The molecule has 0 bridgehead atoms. The summed E-state index contributed by atoms with van der Waals surface area (Å²) < 4.78 is 39.2. The minimum absolute atomic E-state index is 0.594. The zero-order chi connectivity index (χ0) is 15.0. The van der Waals surface area contributed by atoms with Gasteiger partial charge < -0.3 is 5.32 Å². The summed E-state index contributed by atoms with van der Waals surface area (Å²) in [6, 6.07) is 6.38. The molecule has 0 aliphatic heterocycles. The molecule has 1 aliphatic carbocycles. The normalized spacial score (nSPS) is 15.4. The molecular formula is C15H16F3N3. The summed E-state index contributed by atoms with van der Waals surface area (Å²) in [5.41, 5.74) is 1.89. The van der Waals surface area contributed by atoms with Gasteiger partial charge in [0.2, 0.25) is 0 Å². The van der Waals surface area contributed by atoms with E-state index < -0.39 is 11.7 Å². The van der Waals surface area contributed by atoms with Gasteiger partial charge in [-0.05, 0) is 37.0 Å². The average molecular weight is 295 g/mol. The fourth-order valence-corrected chi connectivity index (χ4v) is 2.16. The van der Waals surface area contributed by atoms with Gasteiger partial charge in [0.1, 0.15) is 0 Å². The van der Waals surface area contributed by atoms with Crippen LogP contribution in [0.2, 0.25) is 0 Å². The highest BCUT2D eigenvalue weighted by atomic mass is 19.4. The number of hydrogen-bond donors (Lipinski definition) is 1. The van der Waals surface area contributed by atoms with E-state index in [-0.39, 0.29) is 0 Å². The summed E-state index contributed by atoms with van der Waals surface area (Å²) in [5.74, 6) is 0. The molecule has 1 aliphatic rings. The van der Waals surface area contributed by atoms with E-state index in [9.17, 15) is 13.2 Å². The molecular weight excluding hydrogens is 279 g/mol. The van der Waals surface area contributed by atoms with E-state index in [1.54, 1.807) is 0 Å². The van der Waals surface area contributed by atoms with Crippen molar-refractivity contribution in [1.82, 2.24) is 15.1 Å². The Balaban J connectivity index is 1.85. The molecule has 1 N–H and O–H groups in total. The van der Waals surface area contributed by atoms with Gasteiger partial charge in [0.15, 0.2) is 0 Å². The van der Waals surface area contributed by atoms with Crippen LogP contribution in [-0.2, 0) is 12.7 Å². The Morgan fingerprint density at radius 1 is 1.33 bits per heavy atom. The maximum absolute atomic E-state index is 12.6. The van der Waals surface area contributed by atoms with Gasteiger partial charge in [-0.3, -0.25) is 0 Å². The number of nitrogens with one attached hydrogen (secondary N) is 1. The molecule has 21 heavy (non-hydrogen) atoms. The Hall–Kier alpha value is -1.82. The molecule has 0 spiro atoms. The van der Waals surface area contributed by atoms with Gasteiger partial charge >= 0.3 is 6.18 Å². The van der Waals surface area contributed by atoms with Crippen LogP contribution in [0, 0.1) is 6.92 Å². The molecule has 3 nitrogen and oxygen atoms in total. The highest BCUT2D eigenvalue weighted by Crippen LogP contribution is 2.29. The van der Waals surface area contributed by atoms with Crippen molar-refractivity contribution in [3.63, 3.8) is 0 Å². The minimum atomic E-state index is -4.36. The van der Waals surface area contributed by atoms with Crippen LogP contribution in [0.4, 0.5) is 13.2 Å². The second kappa shape index (κ2) is 5.18. The predicted molar refractivity (Wildman–Crippen MR) is 73.2 cm³/mol. The third kappa shape index (κ3) is 3.26. The molecule has 0 radical (unpaired) electrons. The lowest BCUT2D eigenvalue weighted by Crippen LogP contribution is -2.15. The first kappa shape index (κ1) is 14.1.